The quantitative estimate of drug-likeness (QED) is 0.923. The summed E-state index contributed by atoms with van der Waals surface area (Å²) in [5.74, 6) is -0.467. The molecule has 102 valence electrons. The van der Waals surface area contributed by atoms with Gasteiger partial charge in [-0.25, -0.2) is 22.5 Å². The average Bonchev–Trinajstić information content (AvgIpc) is 2.90. The molecule has 0 aliphatic carbocycles. The van der Waals surface area contributed by atoms with Crippen LogP contribution < -0.4 is 4.72 Å². The highest BCUT2D eigenvalue weighted by atomic mass is 32.2. The van der Waals surface area contributed by atoms with E-state index in [-0.39, 0.29) is 10.9 Å². The molecule has 0 aliphatic heterocycles. The Labute approximate surface area is 115 Å². The molecule has 4 nitrogen and oxygen atoms in total. The number of hydrogen-bond acceptors (Lipinski definition) is 4. The van der Waals surface area contributed by atoms with Gasteiger partial charge in [0.15, 0.2) is 0 Å². The van der Waals surface area contributed by atoms with E-state index in [0.717, 1.165) is 12.1 Å². The van der Waals surface area contributed by atoms with E-state index < -0.39 is 15.8 Å². The molecule has 0 spiro atoms. The van der Waals surface area contributed by atoms with E-state index in [2.05, 4.69) is 9.71 Å². The van der Waals surface area contributed by atoms with Crippen molar-refractivity contribution in [2.45, 2.75) is 24.3 Å². The first-order chi connectivity index (χ1) is 9.03. The minimum atomic E-state index is -3.66. The molecule has 0 bridgehead atoms. The highest BCUT2D eigenvalue weighted by Crippen LogP contribution is 2.21. The van der Waals surface area contributed by atoms with Gasteiger partial charge in [-0.1, -0.05) is 6.92 Å². The molecule has 0 fully saturated rings. The van der Waals surface area contributed by atoms with Crippen LogP contribution in [0.25, 0.3) is 0 Å². The van der Waals surface area contributed by atoms with Gasteiger partial charge < -0.3 is 0 Å². The SMILES string of the molecule is CCC(NS(=O)(=O)c1ccc(F)cc1)c1nccs1. The van der Waals surface area contributed by atoms with Crippen molar-refractivity contribution in [2.24, 2.45) is 0 Å². The van der Waals surface area contributed by atoms with Crippen molar-refractivity contribution in [1.29, 1.82) is 0 Å². The third-order valence-electron chi connectivity index (χ3n) is 2.58. The first-order valence-electron chi connectivity index (χ1n) is 5.70. The first-order valence-corrected chi connectivity index (χ1v) is 8.06. The zero-order chi connectivity index (χ0) is 13.9. The highest BCUT2D eigenvalue weighted by Gasteiger charge is 2.21. The molecule has 1 atom stereocenters. The lowest BCUT2D eigenvalue weighted by molar-refractivity contribution is 0.548. The molecule has 1 heterocycles. The van der Waals surface area contributed by atoms with Crippen molar-refractivity contribution in [3.8, 4) is 0 Å². The Morgan fingerprint density at radius 1 is 1.37 bits per heavy atom. The van der Waals surface area contributed by atoms with Gasteiger partial charge in [-0.2, -0.15) is 0 Å². The Morgan fingerprint density at radius 3 is 2.58 bits per heavy atom. The van der Waals surface area contributed by atoms with E-state index in [1.807, 2.05) is 6.92 Å². The van der Waals surface area contributed by atoms with Gasteiger partial charge in [0.1, 0.15) is 10.8 Å². The summed E-state index contributed by atoms with van der Waals surface area (Å²) in [5.41, 5.74) is 0. The minimum Gasteiger partial charge on any atom is -0.248 e. The lowest BCUT2D eigenvalue weighted by Crippen LogP contribution is -2.28. The molecule has 2 rings (SSSR count). The second-order valence-electron chi connectivity index (χ2n) is 3.91. The fraction of sp³-hybridized carbons (Fsp3) is 0.250. The van der Waals surface area contributed by atoms with Crippen molar-refractivity contribution in [1.82, 2.24) is 9.71 Å². The summed E-state index contributed by atoms with van der Waals surface area (Å²) in [6.07, 6.45) is 2.22. The van der Waals surface area contributed by atoms with E-state index in [9.17, 15) is 12.8 Å². The molecular formula is C12H13FN2O2S2. The molecular weight excluding hydrogens is 287 g/mol. The highest BCUT2D eigenvalue weighted by molar-refractivity contribution is 7.89. The van der Waals surface area contributed by atoms with Crippen molar-refractivity contribution in [2.75, 3.05) is 0 Å². The van der Waals surface area contributed by atoms with Gasteiger partial charge in [-0.3, -0.25) is 0 Å². The number of aromatic nitrogens is 1. The van der Waals surface area contributed by atoms with Crippen LogP contribution in [-0.4, -0.2) is 13.4 Å². The largest absolute Gasteiger partial charge is 0.248 e. The number of rotatable bonds is 5. The number of sulfonamides is 1. The maximum atomic E-state index is 12.8. The molecule has 0 saturated heterocycles. The summed E-state index contributed by atoms with van der Waals surface area (Å²) in [7, 11) is -3.66. The van der Waals surface area contributed by atoms with Gasteiger partial charge in [-0.05, 0) is 30.7 Å². The Balaban J connectivity index is 2.23. The number of hydrogen-bond donors (Lipinski definition) is 1. The van der Waals surface area contributed by atoms with Crippen LogP contribution in [0, 0.1) is 5.82 Å². The van der Waals surface area contributed by atoms with Crippen LogP contribution in [-0.2, 0) is 10.0 Å². The van der Waals surface area contributed by atoms with Crippen molar-refractivity contribution in [3.05, 3.63) is 46.7 Å². The first kappa shape index (κ1) is 14.1. The summed E-state index contributed by atoms with van der Waals surface area (Å²) in [5, 5.41) is 2.51. The minimum absolute atomic E-state index is 0.0453. The fourth-order valence-electron chi connectivity index (χ4n) is 1.58. The number of nitrogens with zero attached hydrogens (tertiary/aromatic N) is 1. The standard InChI is InChI=1S/C12H13FN2O2S2/c1-2-11(12-14-7-8-18-12)15-19(16,17)10-5-3-9(13)4-6-10/h3-8,11,15H,2H2,1H3. The summed E-state index contributed by atoms with van der Waals surface area (Å²) in [4.78, 5) is 4.16. The summed E-state index contributed by atoms with van der Waals surface area (Å²) < 4.78 is 39.7. The average molecular weight is 300 g/mol. The monoisotopic (exact) mass is 300 g/mol. The van der Waals surface area contributed by atoms with E-state index >= 15 is 0 Å². The molecule has 1 aromatic carbocycles. The fourth-order valence-corrected chi connectivity index (χ4v) is 3.71. The summed E-state index contributed by atoms with van der Waals surface area (Å²) in [6, 6.07) is 4.37. The molecule has 1 N–H and O–H groups in total. The second-order valence-corrected chi connectivity index (χ2v) is 6.55. The Bertz CT molecular complexity index is 624. The van der Waals surface area contributed by atoms with Crippen LogP contribution in [0.5, 0.6) is 0 Å². The van der Waals surface area contributed by atoms with E-state index in [1.165, 1.54) is 23.5 Å². The van der Waals surface area contributed by atoms with Crippen LogP contribution in [0.4, 0.5) is 4.39 Å². The zero-order valence-corrected chi connectivity index (χ0v) is 11.8. The molecule has 0 radical (unpaired) electrons. The number of thiazole rings is 1. The van der Waals surface area contributed by atoms with Crippen molar-refractivity contribution >= 4 is 21.4 Å². The van der Waals surface area contributed by atoms with Gasteiger partial charge in [0.2, 0.25) is 10.0 Å². The van der Waals surface area contributed by atoms with E-state index in [1.54, 1.807) is 11.6 Å². The lowest BCUT2D eigenvalue weighted by Gasteiger charge is -2.14. The smallest absolute Gasteiger partial charge is 0.241 e. The van der Waals surface area contributed by atoms with Crippen LogP contribution in [0.1, 0.15) is 24.4 Å². The normalized spacial score (nSPS) is 13.4. The maximum absolute atomic E-state index is 12.8. The van der Waals surface area contributed by atoms with E-state index in [4.69, 9.17) is 0 Å². The second kappa shape index (κ2) is 5.77. The number of benzene rings is 1. The molecule has 0 amide bonds. The van der Waals surface area contributed by atoms with Gasteiger partial charge in [0.05, 0.1) is 10.9 Å². The predicted octanol–water partition coefficient (Wildman–Crippen LogP) is 2.71. The van der Waals surface area contributed by atoms with Crippen LogP contribution in [0.2, 0.25) is 0 Å². The van der Waals surface area contributed by atoms with E-state index in [0.29, 0.717) is 11.4 Å². The summed E-state index contributed by atoms with van der Waals surface area (Å²) in [6.45, 7) is 1.87. The van der Waals surface area contributed by atoms with Gasteiger partial charge in [0.25, 0.3) is 0 Å². The third-order valence-corrected chi connectivity index (χ3v) is 4.96. The lowest BCUT2D eigenvalue weighted by atomic mass is 10.3. The topological polar surface area (TPSA) is 59.1 Å². The van der Waals surface area contributed by atoms with Crippen LogP contribution in [0.3, 0.4) is 0 Å². The maximum Gasteiger partial charge on any atom is 0.241 e. The predicted molar refractivity (Wildman–Crippen MR) is 71.9 cm³/mol. The molecule has 0 saturated carbocycles. The summed E-state index contributed by atoms with van der Waals surface area (Å²) >= 11 is 1.40. The Morgan fingerprint density at radius 2 is 2.05 bits per heavy atom. The Hall–Kier alpha value is -1.31. The van der Waals surface area contributed by atoms with Gasteiger partial charge in [0, 0.05) is 11.6 Å². The molecule has 19 heavy (non-hydrogen) atoms. The van der Waals surface area contributed by atoms with Crippen LogP contribution >= 0.6 is 11.3 Å². The molecule has 7 heteroatoms. The molecule has 0 aliphatic rings. The zero-order valence-electron chi connectivity index (χ0n) is 10.2. The van der Waals surface area contributed by atoms with Crippen molar-refractivity contribution in [3.63, 3.8) is 0 Å². The molecule has 1 unspecified atom stereocenters. The van der Waals surface area contributed by atoms with Crippen LogP contribution in [0.15, 0.2) is 40.7 Å². The molecule has 2 aromatic rings. The van der Waals surface area contributed by atoms with Gasteiger partial charge in [-0.15, -0.1) is 11.3 Å². The molecule has 1 aromatic heterocycles. The number of halogens is 1. The van der Waals surface area contributed by atoms with Crippen molar-refractivity contribution < 1.29 is 12.8 Å². The Kier molecular flexibility index (Phi) is 4.28. The van der Waals surface area contributed by atoms with Gasteiger partial charge >= 0.3 is 0 Å². The third kappa shape index (κ3) is 3.37. The number of nitrogens with one attached hydrogen (secondary N) is 1.